The minimum atomic E-state index is 0.538. The van der Waals surface area contributed by atoms with Gasteiger partial charge in [-0.3, -0.25) is 4.90 Å². The second kappa shape index (κ2) is 6.33. The molecule has 3 heterocycles. The maximum Gasteiger partial charge on any atom is 0.0235 e. The summed E-state index contributed by atoms with van der Waals surface area (Å²) in [5, 5.41) is 3.61. The van der Waals surface area contributed by atoms with E-state index in [9.17, 15) is 0 Å². The molecule has 0 spiro atoms. The maximum absolute atomic E-state index is 3.61. The van der Waals surface area contributed by atoms with Gasteiger partial charge < -0.3 is 10.2 Å². The molecule has 3 fully saturated rings. The molecule has 116 valence electrons. The highest BCUT2D eigenvalue weighted by Gasteiger charge is 2.40. The second-order valence-electron chi connectivity index (χ2n) is 7.72. The van der Waals surface area contributed by atoms with Crippen molar-refractivity contribution in [2.24, 2.45) is 11.3 Å². The highest BCUT2D eigenvalue weighted by atomic mass is 15.3. The van der Waals surface area contributed by atoms with Crippen LogP contribution in [-0.2, 0) is 0 Å². The molecule has 0 aromatic rings. The Morgan fingerprint density at radius 1 is 1.15 bits per heavy atom. The first-order valence-corrected chi connectivity index (χ1v) is 8.87. The van der Waals surface area contributed by atoms with Crippen LogP contribution in [0, 0.1) is 11.3 Å². The Bertz CT molecular complexity index is 303. The summed E-state index contributed by atoms with van der Waals surface area (Å²) in [6, 6.07) is 0.855. The fourth-order valence-electron chi connectivity index (χ4n) is 4.56. The molecular weight excluding hydrogens is 246 g/mol. The van der Waals surface area contributed by atoms with Crippen LogP contribution in [0.5, 0.6) is 0 Å². The van der Waals surface area contributed by atoms with Gasteiger partial charge >= 0.3 is 0 Å². The molecule has 1 N–H and O–H groups in total. The van der Waals surface area contributed by atoms with Crippen LogP contribution in [-0.4, -0.2) is 61.7 Å². The summed E-state index contributed by atoms with van der Waals surface area (Å²) in [4.78, 5) is 5.55. The van der Waals surface area contributed by atoms with Gasteiger partial charge in [-0.25, -0.2) is 0 Å². The third-order valence-corrected chi connectivity index (χ3v) is 6.19. The van der Waals surface area contributed by atoms with E-state index in [0.29, 0.717) is 5.41 Å². The van der Waals surface area contributed by atoms with Crippen LogP contribution in [0.15, 0.2) is 0 Å². The van der Waals surface area contributed by atoms with E-state index in [0.717, 1.165) is 12.0 Å². The Balaban J connectivity index is 1.54. The van der Waals surface area contributed by atoms with Crippen LogP contribution in [0.2, 0.25) is 0 Å². The van der Waals surface area contributed by atoms with E-state index in [4.69, 9.17) is 0 Å². The largest absolute Gasteiger partial charge is 0.316 e. The lowest BCUT2D eigenvalue weighted by atomic mass is 9.76. The molecule has 3 nitrogen and oxygen atoms in total. The van der Waals surface area contributed by atoms with Crippen molar-refractivity contribution in [3.63, 3.8) is 0 Å². The fraction of sp³-hybridized carbons (Fsp3) is 1.00. The number of hydrogen-bond donors (Lipinski definition) is 1. The van der Waals surface area contributed by atoms with E-state index in [1.54, 1.807) is 0 Å². The summed E-state index contributed by atoms with van der Waals surface area (Å²) in [6.45, 7) is 14.0. The van der Waals surface area contributed by atoms with Crippen molar-refractivity contribution in [2.45, 2.75) is 52.0 Å². The molecule has 2 atom stereocenters. The number of hydrogen-bond acceptors (Lipinski definition) is 3. The topological polar surface area (TPSA) is 18.5 Å². The zero-order valence-electron chi connectivity index (χ0n) is 13.5. The van der Waals surface area contributed by atoms with Crippen LogP contribution in [0.25, 0.3) is 0 Å². The third-order valence-electron chi connectivity index (χ3n) is 6.19. The van der Waals surface area contributed by atoms with E-state index in [1.807, 2.05) is 0 Å². The highest BCUT2D eigenvalue weighted by Crippen LogP contribution is 2.36. The summed E-state index contributed by atoms with van der Waals surface area (Å²) in [5.74, 6) is 0.798. The van der Waals surface area contributed by atoms with Gasteiger partial charge in [0.05, 0.1) is 0 Å². The van der Waals surface area contributed by atoms with Crippen LogP contribution >= 0.6 is 0 Å². The first-order chi connectivity index (χ1) is 9.70. The number of nitrogens with zero attached hydrogens (tertiary/aromatic N) is 2. The van der Waals surface area contributed by atoms with Crippen molar-refractivity contribution in [1.29, 1.82) is 0 Å². The predicted molar refractivity (Wildman–Crippen MR) is 85.0 cm³/mol. The average molecular weight is 279 g/mol. The first kappa shape index (κ1) is 14.8. The van der Waals surface area contributed by atoms with Gasteiger partial charge in [-0.05, 0) is 63.2 Å². The van der Waals surface area contributed by atoms with Crippen molar-refractivity contribution < 1.29 is 0 Å². The monoisotopic (exact) mass is 279 g/mol. The quantitative estimate of drug-likeness (QED) is 0.851. The smallest absolute Gasteiger partial charge is 0.0235 e. The van der Waals surface area contributed by atoms with Gasteiger partial charge in [0.2, 0.25) is 0 Å². The number of rotatable bonds is 4. The van der Waals surface area contributed by atoms with Crippen molar-refractivity contribution >= 4 is 0 Å². The molecule has 3 aliphatic rings. The summed E-state index contributed by atoms with van der Waals surface area (Å²) < 4.78 is 0. The Morgan fingerprint density at radius 3 is 2.60 bits per heavy atom. The third kappa shape index (κ3) is 3.05. The van der Waals surface area contributed by atoms with E-state index < -0.39 is 0 Å². The molecule has 2 unspecified atom stereocenters. The molecule has 20 heavy (non-hydrogen) atoms. The van der Waals surface area contributed by atoms with Crippen LogP contribution in [0.1, 0.15) is 46.0 Å². The van der Waals surface area contributed by atoms with Gasteiger partial charge in [-0.1, -0.05) is 20.3 Å². The summed E-state index contributed by atoms with van der Waals surface area (Å²) >= 11 is 0. The lowest BCUT2D eigenvalue weighted by molar-refractivity contribution is 0.118. The van der Waals surface area contributed by atoms with Crippen molar-refractivity contribution in [1.82, 2.24) is 15.1 Å². The van der Waals surface area contributed by atoms with Crippen LogP contribution in [0.3, 0.4) is 0 Å². The number of nitrogens with one attached hydrogen (secondary N) is 1. The lowest BCUT2D eigenvalue weighted by Gasteiger charge is -2.37. The standard InChI is InChI=1S/C17H33N3/c1-15(2)17(7-8-18-13-17)14-19-11-6-16(12-19)20-9-4-3-5-10-20/h15-16,18H,3-14H2,1-2H3. The fourth-order valence-corrected chi connectivity index (χ4v) is 4.56. The molecule has 3 aliphatic heterocycles. The Kier molecular flexibility index (Phi) is 4.68. The summed E-state index contributed by atoms with van der Waals surface area (Å²) in [7, 11) is 0. The van der Waals surface area contributed by atoms with Crippen molar-refractivity contribution in [3.05, 3.63) is 0 Å². The highest BCUT2D eigenvalue weighted by molar-refractivity contribution is 4.95. The molecule has 0 aliphatic carbocycles. The Labute approximate surface area is 125 Å². The van der Waals surface area contributed by atoms with E-state index in [-0.39, 0.29) is 0 Å². The van der Waals surface area contributed by atoms with Gasteiger partial charge in [0, 0.05) is 25.7 Å². The normalized spacial score (nSPS) is 37.0. The first-order valence-electron chi connectivity index (χ1n) is 8.87. The van der Waals surface area contributed by atoms with Gasteiger partial charge in [-0.15, -0.1) is 0 Å². The predicted octanol–water partition coefficient (Wildman–Crippen LogP) is 2.18. The zero-order chi connectivity index (χ0) is 14.0. The average Bonchev–Trinajstić information content (AvgIpc) is 3.10. The molecule has 0 aromatic heterocycles. The minimum absolute atomic E-state index is 0.538. The van der Waals surface area contributed by atoms with Gasteiger partial charge in [0.25, 0.3) is 0 Å². The summed E-state index contributed by atoms with van der Waals surface area (Å²) in [5.41, 5.74) is 0.538. The zero-order valence-corrected chi connectivity index (χ0v) is 13.5. The van der Waals surface area contributed by atoms with Gasteiger partial charge in [0.15, 0.2) is 0 Å². The molecule has 0 amide bonds. The van der Waals surface area contributed by atoms with Crippen LogP contribution in [0.4, 0.5) is 0 Å². The minimum Gasteiger partial charge on any atom is -0.316 e. The van der Waals surface area contributed by atoms with Gasteiger partial charge in [-0.2, -0.15) is 0 Å². The van der Waals surface area contributed by atoms with Crippen LogP contribution < -0.4 is 5.32 Å². The Morgan fingerprint density at radius 2 is 1.95 bits per heavy atom. The molecule has 3 rings (SSSR count). The SMILES string of the molecule is CC(C)C1(CN2CCC(N3CCCCC3)C2)CCNC1. The molecule has 3 saturated heterocycles. The molecule has 0 aromatic carbocycles. The number of likely N-dealkylation sites (tertiary alicyclic amines) is 2. The second-order valence-corrected chi connectivity index (χ2v) is 7.72. The lowest BCUT2D eigenvalue weighted by Crippen LogP contribution is -2.44. The molecule has 0 bridgehead atoms. The Hall–Kier alpha value is -0.120. The summed E-state index contributed by atoms with van der Waals surface area (Å²) in [6.07, 6.45) is 7.08. The number of piperidine rings is 1. The van der Waals surface area contributed by atoms with Crippen molar-refractivity contribution in [2.75, 3.05) is 45.8 Å². The van der Waals surface area contributed by atoms with E-state index in [2.05, 4.69) is 29.0 Å². The molecular formula is C17H33N3. The van der Waals surface area contributed by atoms with E-state index >= 15 is 0 Å². The maximum atomic E-state index is 3.61. The van der Waals surface area contributed by atoms with E-state index in [1.165, 1.54) is 77.9 Å². The molecule has 3 heteroatoms. The van der Waals surface area contributed by atoms with Gasteiger partial charge in [0.1, 0.15) is 0 Å². The molecule has 0 saturated carbocycles. The van der Waals surface area contributed by atoms with Crippen molar-refractivity contribution in [3.8, 4) is 0 Å². The molecule has 0 radical (unpaired) electrons.